The van der Waals surface area contributed by atoms with Gasteiger partial charge in [0.1, 0.15) is 6.29 Å². The smallest absolute Gasteiger partial charge is 0.177 e. The fraction of sp³-hybridized carbons (Fsp3) is 1.00. The summed E-state index contributed by atoms with van der Waals surface area (Å²) in [5.41, 5.74) is 0. The Labute approximate surface area is 123 Å². The Balaban J connectivity index is 2.39. The molecule has 1 unspecified atom stereocenters. The predicted molar refractivity (Wildman–Crippen MR) is 87.7 cm³/mol. The van der Waals surface area contributed by atoms with Gasteiger partial charge in [-0.15, -0.1) is 0 Å². The van der Waals surface area contributed by atoms with E-state index in [0.717, 1.165) is 0 Å². The van der Waals surface area contributed by atoms with E-state index in [1.54, 1.807) is 0 Å². The van der Waals surface area contributed by atoms with E-state index in [-0.39, 0.29) is 9.84 Å². The first-order chi connectivity index (χ1) is 9.24. The normalized spacial score (nSPS) is 22.3. The van der Waals surface area contributed by atoms with E-state index >= 15 is 0 Å². The lowest BCUT2D eigenvalue weighted by Crippen LogP contribution is -2.72. The highest BCUT2D eigenvalue weighted by Gasteiger charge is 2.37. The highest BCUT2D eigenvalue weighted by atomic mass is 28.2. The standard InChI is InChI=1S/C15H35N3Si/c1-5-8-11-14-18-15(16(4)12-9-6-2)17(19-18)13-10-7-3/h15H,5-14,19H2,1-4H3. The van der Waals surface area contributed by atoms with E-state index in [9.17, 15) is 0 Å². The number of nitrogens with zero attached hydrogens (tertiary/aromatic N) is 3. The molecular weight excluding hydrogens is 250 g/mol. The van der Waals surface area contributed by atoms with Crippen molar-refractivity contribution in [2.45, 2.75) is 72.0 Å². The van der Waals surface area contributed by atoms with Crippen molar-refractivity contribution in [3.63, 3.8) is 0 Å². The molecule has 0 N–H and O–H groups in total. The zero-order chi connectivity index (χ0) is 14.1. The van der Waals surface area contributed by atoms with Crippen LogP contribution in [0, 0.1) is 0 Å². The Morgan fingerprint density at radius 2 is 1.42 bits per heavy atom. The largest absolute Gasteiger partial charge is 0.289 e. The van der Waals surface area contributed by atoms with Crippen LogP contribution >= 0.6 is 0 Å². The third-order valence-corrected chi connectivity index (χ3v) is 6.14. The molecule has 114 valence electrons. The van der Waals surface area contributed by atoms with Crippen LogP contribution in [0.1, 0.15) is 65.7 Å². The molecule has 0 radical (unpaired) electrons. The highest BCUT2D eigenvalue weighted by Crippen LogP contribution is 2.21. The van der Waals surface area contributed by atoms with Crippen LogP contribution in [-0.2, 0) is 0 Å². The van der Waals surface area contributed by atoms with Crippen LogP contribution in [-0.4, -0.2) is 56.8 Å². The van der Waals surface area contributed by atoms with Crippen molar-refractivity contribution in [3.8, 4) is 0 Å². The molecule has 1 saturated heterocycles. The van der Waals surface area contributed by atoms with Crippen molar-refractivity contribution < 1.29 is 0 Å². The van der Waals surface area contributed by atoms with Gasteiger partial charge in [-0.1, -0.05) is 46.5 Å². The summed E-state index contributed by atoms with van der Waals surface area (Å²) in [4.78, 5) is 2.58. The molecule has 1 aliphatic heterocycles. The van der Waals surface area contributed by atoms with Crippen LogP contribution in [0.25, 0.3) is 0 Å². The Bertz CT molecular complexity index is 215. The van der Waals surface area contributed by atoms with Gasteiger partial charge in [-0.3, -0.25) is 14.0 Å². The van der Waals surface area contributed by atoms with Crippen LogP contribution in [0.5, 0.6) is 0 Å². The number of unbranched alkanes of at least 4 members (excludes halogenated alkanes) is 4. The molecule has 0 aromatic rings. The second-order valence-corrected chi connectivity index (χ2v) is 7.91. The van der Waals surface area contributed by atoms with E-state index in [1.807, 2.05) is 0 Å². The molecule has 0 spiro atoms. The van der Waals surface area contributed by atoms with Crippen molar-refractivity contribution in [2.24, 2.45) is 0 Å². The maximum atomic E-state index is 2.79. The van der Waals surface area contributed by atoms with Crippen molar-refractivity contribution in [1.29, 1.82) is 0 Å². The first kappa shape index (κ1) is 17.1. The summed E-state index contributed by atoms with van der Waals surface area (Å²) < 4.78 is 5.58. The lowest BCUT2D eigenvalue weighted by molar-refractivity contribution is -0.0305. The first-order valence-electron chi connectivity index (χ1n) is 8.42. The molecule has 1 aliphatic rings. The zero-order valence-electron chi connectivity index (χ0n) is 13.7. The molecule has 0 aliphatic carbocycles. The van der Waals surface area contributed by atoms with Crippen LogP contribution in [0.15, 0.2) is 0 Å². The minimum absolute atomic E-state index is 0.104. The van der Waals surface area contributed by atoms with Crippen molar-refractivity contribution in [3.05, 3.63) is 0 Å². The molecule has 1 fully saturated rings. The lowest BCUT2D eigenvalue weighted by Gasteiger charge is -2.55. The van der Waals surface area contributed by atoms with Crippen molar-refractivity contribution in [1.82, 2.24) is 14.0 Å². The van der Waals surface area contributed by atoms with Gasteiger partial charge in [0.25, 0.3) is 0 Å². The van der Waals surface area contributed by atoms with E-state index in [0.29, 0.717) is 6.29 Å². The second-order valence-electron chi connectivity index (χ2n) is 6.01. The SMILES string of the molecule is CCCCCN1[SiH2]N(CCCC)C1N(C)CCCC. The second kappa shape index (κ2) is 9.92. The summed E-state index contributed by atoms with van der Waals surface area (Å²) in [5, 5.41) is 0. The van der Waals surface area contributed by atoms with Gasteiger partial charge in [-0.05, 0) is 39.4 Å². The van der Waals surface area contributed by atoms with Gasteiger partial charge in [0.2, 0.25) is 0 Å². The average molecular weight is 286 g/mol. The van der Waals surface area contributed by atoms with Crippen LogP contribution in [0.4, 0.5) is 0 Å². The number of hydrogen-bond donors (Lipinski definition) is 0. The van der Waals surface area contributed by atoms with Crippen LogP contribution in [0.3, 0.4) is 0 Å². The number of rotatable bonds is 11. The summed E-state index contributed by atoms with van der Waals surface area (Å²) in [7, 11) is 2.22. The predicted octanol–water partition coefficient (Wildman–Crippen LogP) is 2.61. The Morgan fingerprint density at radius 1 is 0.842 bits per heavy atom. The summed E-state index contributed by atoms with van der Waals surface area (Å²) in [6.45, 7) is 10.8. The van der Waals surface area contributed by atoms with Gasteiger partial charge in [0.15, 0.2) is 9.84 Å². The highest BCUT2D eigenvalue weighted by molar-refractivity contribution is 6.32. The summed E-state index contributed by atoms with van der Waals surface area (Å²) >= 11 is 0. The van der Waals surface area contributed by atoms with Gasteiger partial charge in [-0.2, -0.15) is 0 Å². The maximum absolute atomic E-state index is 2.79. The van der Waals surface area contributed by atoms with Gasteiger partial charge in [-0.25, -0.2) is 0 Å². The summed E-state index contributed by atoms with van der Waals surface area (Å²) in [5.74, 6) is 0. The molecule has 1 atom stereocenters. The van der Waals surface area contributed by atoms with Crippen molar-refractivity contribution in [2.75, 3.05) is 26.7 Å². The minimum atomic E-state index is -0.104. The molecule has 3 nitrogen and oxygen atoms in total. The van der Waals surface area contributed by atoms with Crippen LogP contribution in [0.2, 0.25) is 0 Å². The molecule has 19 heavy (non-hydrogen) atoms. The van der Waals surface area contributed by atoms with Gasteiger partial charge < -0.3 is 0 Å². The number of hydrogen-bond acceptors (Lipinski definition) is 3. The quantitative estimate of drug-likeness (QED) is 0.427. The Morgan fingerprint density at radius 3 is 2.00 bits per heavy atom. The zero-order valence-corrected chi connectivity index (χ0v) is 15.1. The third kappa shape index (κ3) is 5.54. The summed E-state index contributed by atoms with van der Waals surface area (Å²) in [6, 6.07) is 0. The van der Waals surface area contributed by atoms with E-state index in [2.05, 4.69) is 41.8 Å². The molecule has 1 rings (SSSR count). The fourth-order valence-corrected chi connectivity index (χ4v) is 5.09. The topological polar surface area (TPSA) is 9.72 Å². The average Bonchev–Trinajstić information content (AvgIpc) is 2.38. The molecule has 0 amide bonds. The summed E-state index contributed by atoms with van der Waals surface area (Å²) in [6.07, 6.45) is 10.1. The minimum Gasteiger partial charge on any atom is -0.289 e. The van der Waals surface area contributed by atoms with Gasteiger partial charge in [0, 0.05) is 6.54 Å². The van der Waals surface area contributed by atoms with E-state index < -0.39 is 0 Å². The fourth-order valence-electron chi connectivity index (χ4n) is 2.89. The Hall–Kier alpha value is 0.0969. The first-order valence-corrected chi connectivity index (χ1v) is 9.69. The van der Waals surface area contributed by atoms with Crippen molar-refractivity contribution >= 4 is 9.84 Å². The van der Waals surface area contributed by atoms with Gasteiger partial charge >= 0.3 is 0 Å². The van der Waals surface area contributed by atoms with E-state index in [1.165, 1.54) is 64.6 Å². The molecule has 0 bridgehead atoms. The molecular formula is C15H35N3Si. The molecule has 0 aromatic heterocycles. The van der Waals surface area contributed by atoms with Crippen LogP contribution < -0.4 is 0 Å². The molecule has 1 heterocycles. The molecule has 4 heteroatoms. The monoisotopic (exact) mass is 285 g/mol. The lowest BCUT2D eigenvalue weighted by atomic mass is 10.2. The van der Waals surface area contributed by atoms with E-state index in [4.69, 9.17) is 0 Å². The molecule has 0 saturated carbocycles. The molecule has 0 aromatic carbocycles. The maximum Gasteiger partial charge on any atom is 0.177 e. The van der Waals surface area contributed by atoms with Gasteiger partial charge in [0.05, 0.1) is 0 Å². The Kier molecular flexibility index (Phi) is 8.95. The third-order valence-electron chi connectivity index (χ3n) is 4.12.